The number of carbonyl (C=O) groups is 2. The molecule has 0 bridgehead atoms. The van der Waals surface area contributed by atoms with Crippen LogP contribution in [-0.4, -0.2) is 101 Å². The van der Waals surface area contributed by atoms with E-state index in [0.29, 0.717) is 30.1 Å². The molecule has 0 spiro atoms. The van der Waals surface area contributed by atoms with Gasteiger partial charge in [-0.1, -0.05) is 101 Å². The number of hydrogen-bond donors (Lipinski definition) is 4. The third kappa shape index (κ3) is 17.6. The smallest absolute Gasteiger partial charge is 0.416 e. The van der Waals surface area contributed by atoms with Gasteiger partial charge in [-0.2, -0.15) is 13.2 Å². The highest BCUT2D eigenvalue weighted by Gasteiger charge is 2.51. The fourth-order valence-electron chi connectivity index (χ4n) is 9.09. The van der Waals surface area contributed by atoms with Crippen LogP contribution >= 0.6 is 0 Å². The van der Waals surface area contributed by atoms with E-state index in [1.165, 1.54) is 37.8 Å². The van der Waals surface area contributed by atoms with Crippen LogP contribution in [0.2, 0.25) is 0 Å². The van der Waals surface area contributed by atoms with E-state index in [1.54, 1.807) is 33.5 Å². The maximum Gasteiger partial charge on any atom is 0.416 e. The van der Waals surface area contributed by atoms with Crippen molar-refractivity contribution in [3.05, 3.63) is 119 Å². The minimum absolute atomic E-state index is 0.0225. The average Bonchev–Trinajstić information content (AvgIpc) is 3.40. The van der Waals surface area contributed by atoms with Crippen molar-refractivity contribution in [2.45, 2.75) is 159 Å². The van der Waals surface area contributed by atoms with Crippen molar-refractivity contribution in [3.63, 3.8) is 0 Å². The fourth-order valence-corrected chi connectivity index (χ4v) is 9.09. The lowest BCUT2D eigenvalue weighted by molar-refractivity contribution is -0.302. The molecule has 0 aliphatic carbocycles. The SMILES string of the molecule is CCCCCCCCCCC(=O)N[C@H]1C(COCc2ccc(OC)cc2)OCC(N)[C@H]1O[C@@H]1OC(CC)[C@@H](OCc2ccc(OC)cc2)[C@H](OCc2ccc(OC)cc2)C1NC(=O)Nc1cccc(C(F)(F)F)c1. The Labute approximate surface area is 433 Å². The summed E-state index contributed by atoms with van der Waals surface area (Å²) < 4.78 is 97.5. The normalized spacial score (nSPS) is 22.9. The molecule has 6 rings (SSSR count). The maximum atomic E-state index is 14.2. The second kappa shape index (κ2) is 29.6. The van der Waals surface area contributed by atoms with E-state index in [9.17, 15) is 22.8 Å². The molecule has 0 radical (unpaired) electrons. The van der Waals surface area contributed by atoms with Gasteiger partial charge in [-0.25, -0.2) is 4.79 Å². The summed E-state index contributed by atoms with van der Waals surface area (Å²) >= 11 is 0. The topological polar surface area (TPSA) is 179 Å². The van der Waals surface area contributed by atoms with Crippen molar-refractivity contribution in [2.24, 2.45) is 5.73 Å². The quantitative estimate of drug-likeness (QED) is 0.0397. The average molecular weight is 1040 g/mol. The summed E-state index contributed by atoms with van der Waals surface area (Å²) in [5.74, 6) is 1.80. The van der Waals surface area contributed by atoms with Crippen LogP contribution in [-0.2, 0) is 59.2 Å². The Kier molecular flexibility index (Phi) is 23.1. The van der Waals surface area contributed by atoms with Gasteiger partial charge < -0.3 is 64.3 Å². The highest BCUT2D eigenvalue weighted by Crippen LogP contribution is 2.34. The number of anilines is 1. The summed E-state index contributed by atoms with van der Waals surface area (Å²) in [6.07, 6.45) is -1.08. The molecular weight excluding hydrogens is 962 g/mol. The van der Waals surface area contributed by atoms with Gasteiger partial charge in [-0.15, -0.1) is 0 Å². The largest absolute Gasteiger partial charge is 0.497 e. The highest BCUT2D eigenvalue weighted by molar-refractivity contribution is 5.89. The molecule has 4 aromatic rings. The van der Waals surface area contributed by atoms with Crippen LogP contribution in [0.25, 0.3) is 0 Å². The number of alkyl halides is 3. The first-order chi connectivity index (χ1) is 35.8. The van der Waals surface area contributed by atoms with Gasteiger partial charge in [0.1, 0.15) is 47.7 Å². The number of unbranched alkanes of at least 4 members (excludes halogenated alkanes) is 7. The summed E-state index contributed by atoms with van der Waals surface area (Å²) in [5.41, 5.74) is 8.34. The molecule has 74 heavy (non-hydrogen) atoms. The Balaban J connectivity index is 1.32. The lowest BCUT2D eigenvalue weighted by Crippen LogP contribution is -2.70. The van der Waals surface area contributed by atoms with Crippen molar-refractivity contribution in [1.29, 1.82) is 0 Å². The monoisotopic (exact) mass is 1040 g/mol. The van der Waals surface area contributed by atoms with Gasteiger partial charge in [0.15, 0.2) is 6.29 Å². The van der Waals surface area contributed by atoms with E-state index in [4.69, 9.17) is 48.4 Å². The van der Waals surface area contributed by atoms with Gasteiger partial charge in [0.25, 0.3) is 0 Å². The van der Waals surface area contributed by atoms with Crippen LogP contribution in [0.3, 0.4) is 0 Å². The molecule has 0 aromatic heterocycles. The zero-order chi connectivity index (χ0) is 52.9. The van der Waals surface area contributed by atoms with Crippen molar-refractivity contribution >= 4 is 17.6 Å². The van der Waals surface area contributed by atoms with Crippen molar-refractivity contribution in [3.8, 4) is 17.2 Å². The summed E-state index contributed by atoms with van der Waals surface area (Å²) in [5, 5.41) is 8.70. The number of urea groups is 1. The summed E-state index contributed by atoms with van der Waals surface area (Å²) in [6.45, 7) is 4.58. The second-order valence-electron chi connectivity index (χ2n) is 18.7. The van der Waals surface area contributed by atoms with Crippen LogP contribution < -0.4 is 35.9 Å². The fraction of sp³-hybridized carbons (Fsp3) is 0.536. The van der Waals surface area contributed by atoms with Gasteiger partial charge >= 0.3 is 12.2 Å². The molecular formula is C56H75F3N4O11. The predicted molar refractivity (Wildman–Crippen MR) is 274 cm³/mol. The van der Waals surface area contributed by atoms with Gasteiger partial charge in [0.2, 0.25) is 5.91 Å². The van der Waals surface area contributed by atoms with E-state index in [0.717, 1.165) is 48.1 Å². The van der Waals surface area contributed by atoms with E-state index in [-0.39, 0.29) is 51.0 Å². The first-order valence-electron chi connectivity index (χ1n) is 25.7. The summed E-state index contributed by atoms with van der Waals surface area (Å²) in [6, 6.07) is 22.7. The molecule has 9 atom stereocenters. The van der Waals surface area contributed by atoms with Crippen molar-refractivity contribution < 1.29 is 65.4 Å². The summed E-state index contributed by atoms with van der Waals surface area (Å²) in [4.78, 5) is 28.2. The lowest BCUT2D eigenvalue weighted by atomic mass is 9.92. The van der Waals surface area contributed by atoms with Crippen LogP contribution in [0.4, 0.5) is 23.7 Å². The predicted octanol–water partition coefficient (Wildman–Crippen LogP) is 9.87. The van der Waals surface area contributed by atoms with E-state index in [2.05, 4.69) is 22.9 Å². The number of ether oxygens (including phenoxy) is 9. The molecule has 406 valence electrons. The Bertz CT molecular complexity index is 2280. The minimum atomic E-state index is -4.66. The molecule has 2 fully saturated rings. The third-order valence-electron chi connectivity index (χ3n) is 13.3. The van der Waals surface area contributed by atoms with E-state index in [1.807, 2.05) is 67.6 Å². The van der Waals surface area contributed by atoms with Crippen LogP contribution in [0, 0.1) is 0 Å². The number of carbonyl (C=O) groups excluding carboxylic acids is 2. The molecule has 5 N–H and O–H groups in total. The third-order valence-corrected chi connectivity index (χ3v) is 13.3. The molecule has 4 unspecified atom stereocenters. The zero-order valence-corrected chi connectivity index (χ0v) is 43.2. The van der Waals surface area contributed by atoms with Crippen LogP contribution in [0.15, 0.2) is 97.1 Å². The molecule has 2 aliphatic heterocycles. The number of nitrogens with one attached hydrogen (secondary N) is 3. The number of nitrogens with two attached hydrogens (primary N) is 1. The van der Waals surface area contributed by atoms with Gasteiger partial charge in [-0.05, 0) is 84.1 Å². The molecule has 15 nitrogen and oxygen atoms in total. The van der Waals surface area contributed by atoms with Gasteiger partial charge in [-0.3, -0.25) is 4.79 Å². The number of halogens is 3. The minimum Gasteiger partial charge on any atom is -0.497 e. The Hall–Kier alpha value is -5.47. The molecule has 0 saturated carbocycles. The van der Waals surface area contributed by atoms with Crippen molar-refractivity contribution in [2.75, 3.05) is 39.9 Å². The molecule has 2 aliphatic rings. The second-order valence-corrected chi connectivity index (χ2v) is 18.7. The number of rotatable bonds is 28. The number of benzene rings is 4. The molecule has 2 saturated heterocycles. The Morgan fingerprint density at radius 2 is 1.22 bits per heavy atom. The Morgan fingerprint density at radius 1 is 0.662 bits per heavy atom. The van der Waals surface area contributed by atoms with Gasteiger partial charge in [0, 0.05) is 12.1 Å². The number of hydrogen-bond acceptors (Lipinski definition) is 12. The number of amides is 3. The van der Waals surface area contributed by atoms with Crippen LogP contribution in [0.1, 0.15) is 100 Å². The molecule has 3 amide bonds. The number of methoxy groups -OCH3 is 3. The van der Waals surface area contributed by atoms with Gasteiger partial charge in [0.05, 0.1) is 78.1 Å². The zero-order valence-electron chi connectivity index (χ0n) is 43.2. The molecule has 2 heterocycles. The first-order valence-corrected chi connectivity index (χ1v) is 25.7. The maximum absolute atomic E-state index is 14.2. The van der Waals surface area contributed by atoms with E-state index < -0.39 is 72.7 Å². The summed E-state index contributed by atoms with van der Waals surface area (Å²) in [7, 11) is 4.74. The standard InChI is InChI=1S/C56H75F3N4O11/c1-6-8-9-10-11-12-13-14-18-48(64)62-49-47(36-69-32-37-19-25-42(66-3)26-20-37)70-35-45(60)51(49)74-54-50(63-55(65)61-41-17-15-16-40(31-41)56(57,58)59)53(72-34-39-23-29-44(68-5)30-24-39)52(46(7-2)73-54)71-33-38-21-27-43(67-4)28-22-38/h15-17,19-31,45-47,49-54H,6-14,18,32-36,60H2,1-5H3,(H,62,64)(H2,61,63,65)/t45?,46?,47?,49-,50?,51+,52+,53+,54-/m0/s1. The lowest BCUT2D eigenvalue weighted by Gasteiger charge is -2.49. The molecule has 4 aromatic carbocycles. The van der Waals surface area contributed by atoms with Crippen molar-refractivity contribution in [1.82, 2.24) is 10.6 Å². The van der Waals surface area contributed by atoms with Crippen LogP contribution in [0.5, 0.6) is 17.2 Å². The van der Waals surface area contributed by atoms with E-state index >= 15 is 0 Å². The highest BCUT2D eigenvalue weighted by atomic mass is 19.4. The Morgan fingerprint density at radius 3 is 1.77 bits per heavy atom. The molecule has 18 heteroatoms. The first kappa shape index (κ1) is 57.8.